The monoisotopic (exact) mass is 287 g/mol. The smallest absolute Gasteiger partial charge is 0.263 e. The zero-order chi connectivity index (χ0) is 14.7. The largest absolute Gasteiger partial charge is 0.381 e. The number of nitrogens with one attached hydrogen (secondary N) is 1. The molecule has 3 rings (SSSR count). The number of benzene rings is 2. The maximum absolute atomic E-state index is 12.5. The number of hydrogen-bond acceptors (Lipinski definition) is 1. The summed E-state index contributed by atoms with van der Waals surface area (Å²) in [6.07, 6.45) is 2.41. The Morgan fingerprint density at radius 1 is 0.952 bits per heavy atom. The molecular formula is C18H19F2N. The average Bonchev–Trinajstić information content (AvgIpc) is 2.53. The van der Waals surface area contributed by atoms with Gasteiger partial charge in [0.05, 0.1) is 0 Å². The number of rotatable bonds is 4. The van der Waals surface area contributed by atoms with E-state index < -0.39 is 6.43 Å². The molecule has 1 aliphatic rings. The van der Waals surface area contributed by atoms with Gasteiger partial charge in [-0.3, -0.25) is 0 Å². The molecule has 2 aromatic rings. The van der Waals surface area contributed by atoms with E-state index in [0.29, 0.717) is 6.54 Å². The normalized spacial score (nSPS) is 14.0. The fraction of sp³-hybridized carbons (Fsp3) is 0.333. The Kier molecular flexibility index (Phi) is 4.18. The van der Waals surface area contributed by atoms with Crippen molar-refractivity contribution in [1.82, 2.24) is 0 Å². The first-order valence-corrected chi connectivity index (χ1v) is 7.45. The van der Waals surface area contributed by atoms with Crippen molar-refractivity contribution in [3.05, 3.63) is 64.7 Å². The number of fused-ring (bicyclic) bond motifs is 1. The van der Waals surface area contributed by atoms with Gasteiger partial charge in [0, 0.05) is 17.8 Å². The molecule has 0 atom stereocenters. The highest BCUT2D eigenvalue weighted by Crippen LogP contribution is 2.28. The lowest BCUT2D eigenvalue weighted by Crippen LogP contribution is -2.08. The van der Waals surface area contributed by atoms with Gasteiger partial charge in [-0.15, -0.1) is 0 Å². The van der Waals surface area contributed by atoms with Gasteiger partial charge in [-0.25, -0.2) is 8.78 Å². The van der Waals surface area contributed by atoms with Gasteiger partial charge < -0.3 is 5.32 Å². The van der Waals surface area contributed by atoms with Crippen LogP contribution in [0.5, 0.6) is 0 Å². The first kappa shape index (κ1) is 14.1. The standard InChI is InChI=1S/C18H19F2N/c19-18(20)15-10-8-13(9-11-15)12-21-17-7-3-5-14-4-1-2-6-16(14)17/h3,5,7-11,18,21H,1-2,4,6,12H2. The minimum absolute atomic E-state index is 0.0795. The van der Waals surface area contributed by atoms with Crippen LogP contribution < -0.4 is 5.32 Å². The lowest BCUT2D eigenvalue weighted by molar-refractivity contribution is 0.151. The minimum Gasteiger partial charge on any atom is -0.381 e. The summed E-state index contributed by atoms with van der Waals surface area (Å²) in [5.41, 5.74) is 5.15. The Balaban J connectivity index is 1.70. The van der Waals surface area contributed by atoms with Gasteiger partial charge in [0.1, 0.15) is 0 Å². The summed E-state index contributed by atoms with van der Waals surface area (Å²) in [7, 11) is 0. The average molecular weight is 287 g/mol. The van der Waals surface area contributed by atoms with Gasteiger partial charge in [0.25, 0.3) is 6.43 Å². The maximum Gasteiger partial charge on any atom is 0.263 e. The van der Waals surface area contributed by atoms with Crippen LogP contribution >= 0.6 is 0 Å². The van der Waals surface area contributed by atoms with Crippen LogP contribution in [0.25, 0.3) is 0 Å². The third-order valence-electron chi connectivity index (χ3n) is 4.11. The second-order valence-electron chi connectivity index (χ2n) is 5.55. The molecule has 0 fully saturated rings. The zero-order valence-electron chi connectivity index (χ0n) is 11.9. The molecule has 3 heteroatoms. The van der Waals surface area contributed by atoms with Crippen LogP contribution in [0.4, 0.5) is 14.5 Å². The van der Waals surface area contributed by atoms with E-state index in [0.717, 1.165) is 18.4 Å². The molecule has 21 heavy (non-hydrogen) atoms. The van der Waals surface area contributed by atoms with Crippen molar-refractivity contribution in [2.45, 2.75) is 38.7 Å². The second kappa shape index (κ2) is 6.25. The molecule has 0 saturated carbocycles. The zero-order valence-corrected chi connectivity index (χ0v) is 11.9. The minimum atomic E-state index is -2.40. The summed E-state index contributed by atoms with van der Waals surface area (Å²) >= 11 is 0. The van der Waals surface area contributed by atoms with E-state index in [4.69, 9.17) is 0 Å². The fourth-order valence-corrected chi connectivity index (χ4v) is 2.93. The van der Waals surface area contributed by atoms with Gasteiger partial charge in [-0.1, -0.05) is 36.4 Å². The molecule has 0 amide bonds. The van der Waals surface area contributed by atoms with Gasteiger partial charge >= 0.3 is 0 Å². The highest BCUT2D eigenvalue weighted by atomic mass is 19.3. The van der Waals surface area contributed by atoms with Crippen LogP contribution in [0, 0.1) is 0 Å². The van der Waals surface area contributed by atoms with Crippen LogP contribution in [0.15, 0.2) is 42.5 Å². The molecule has 1 aliphatic carbocycles. The van der Waals surface area contributed by atoms with Crippen molar-refractivity contribution < 1.29 is 8.78 Å². The number of halogens is 2. The second-order valence-corrected chi connectivity index (χ2v) is 5.55. The fourth-order valence-electron chi connectivity index (χ4n) is 2.93. The molecule has 0 heterocycles. The first-order chi connectivity index (χ1) is 10.2. The SMILES string of the molecule is FC(F)c1ccc(CNc2cccc3c2CCCC3)cc1. The van der Waals surface area contributed by atoms with E-state index in [9.17, 15) is 8.78 Å². The number of hydrogen-bond donors (Lipinski definition) is 1. The topological polar surface area (TPSA) is 12.0 Å². The summed E-state index contributed by atoms with van der Waals surface area (Å²) in [5.74, 6) is 0. The third kappa shape index (κ3) is 3.23. The Morgan fingerprint density at radius 3 is 2.48 bits per heavy atom. The lowest BCUT2D eigenvalue weighted by Gasteiger charge is -2.20. The Morgan fingerprint density at radius 2 is 1.71 bits per heavy atom. The molecule has 0 aromatic heterocycles. The predicted octanol–water partition coefficient (Wildman–Crippen LogP) is 5.12. The van der Waals surface area contributed by atoms with Crippen molar-refractivity contribution in [1.29, 1.82) is 0 Å². The van der Waals surface area contributed by atoms with E-state index >= 15 is 0 Å². The van der Waals surface area contributed by atoms with E-state index in [2.05, 4.69) is 23.5 Å². The summed E-state index contributed by atoms with van der Waals surface area (Å²) in [4.78, 5) is 0. The molecule has 110 valence electrons. The summed E-state index contributed by atoms with van der Waals surface area (Å²) < 4.78 is 25.0. The van der Waals surface area contributed by atoms with E-state index in [1.807, 2.05) is 0 Å². The van der Waals surface area contributed by atoms with E-state index in [1.165, 1.54) is 41.8 Å². The summed E-state index contributed by atoms with van der Waals surface area (Å²) in [6, 6.07) is 12.9. The molecule has 0 aliphatic heterocycles. The van der Waals surface area contributed by atoms with Gasteiger partial charge in [0.2, 0.25) is 0 Å². The Labute approximate surface area is 124 Å². The molecule has 0 unspecified atom stereocenters. The third-order valence-corrected chi connectivity index (χ3v) is 4.11. The molecular weight excluding hydrogens is 268 g/mol. The van der Waals surface area contributed by atoms with Crippen LogP contribution in [0.3, 0.4) is 0 Å². The Bertz CT molecular complexity index is 605. The van der Waals surface area contributed by atoms with Crippen LogP contribution in [0.2, 0.25) is 0 Å². The summed E-state index contributed by atoms with van der Waals surface area (Å²) in [6.45, 7) is 0.667. The molecule has 0 bridgehead atoms. The van der Waals surface area contributed by atoms with Gasteiger partial charge in [-0.2, -0.15) is 0 Å². The predicted molar refractivity (Wildman–Crippen MR) is 81.8 cm³/mol. The Hall–Kier alpha value is -1.90. The van der Waals surface area contributed by atoms with Crippen molar-refractivity contribution >= 4 is 5.69 Å². The van der Waals surface area contributed by atoms with E-state index in [-0.39, 0.29) is 5.56 Å². The van der Waals surface area contributed by atoms with Crippen molar-refractivity contribution in [3.8, 4) is 0 Å². The highest BCUT2D eigenvalue weighted by molar-refractivity contribution is 5.55. The van der Waals surface area contributed by atoms with Gasteiger partial charge in [0.15, 0.2) is 0 Å². The van der Waals surface area contributed by atoms with Crippen LogP contribution in [0.1, 0.15) is 41.5 Å². The highest BCUT2D eigenvalue weighted by Gasteiger charge is 2.12. The van der Waals surface area contributed by atoms with Crippen molar-refractivity contribution in [3.63, 3.8) is 0 Å². The molecule has 0 saturated heterocycles. The first-order valence-electron chi connectivity index (χ1n) is 7.45. The van der Waals surface area contributed by atoms with Crippen LogP contribution in [-0.4, -0.2) is 0 Å². The quantitative estimate of drug-likeness (QED) is 0.823. The molecule has 0 radical (unpaired) electrons. The number of anilines is 1. The number of aryl methyl sites for hydroxylation is 1. The molecule has 1 nitrogen and oxygen atoms in total. The van der Waals surface area contributed by atoms with Crippen LogP contribution in [-0.2, 0) is 19.4 Å². The molecule has 1 N–H and O–H groups in total. The maximum atomic E-state index is 12.5. The van der Waals surface area contributed by atoms with Crippen molar-refractivity contribution in [2.75, 3.05) is 5.32 Å². The molecule has 0 spiro atoms. The molecule has 2 aromatic carbocycles. The van der Waals surface area contributed by atoms with Gasteiger partial charge in [-0.05, 0) is 48.4 Å². The van der Waals surface area contributed by atoms with Crippen molar-refractivity contribution in [2.24, 2.45) is 0 Å². The van der Waals surface area contributed by atoms with E-state index in [1.54, 1.807) is 12.1 Å². The summed E-state index contributed by atoms with van der Waals surface area (Å²) in [5, 5.41) is 3.45. The number of alkyl halides is 2. The lowest BCUT2D eigenvalue weighted by atomic mass is 9.90.